The smallest absolute Gasteiger partial charge is 0.138 e. The van der Waals surface area contributed by atoms with Gasteiger partial charge in [-0.3, -0.25) is 0 Å². The molecule has 1 aliphatic rings. The third-order valence-corrected chi connectivity index (χ3v) is 3.63. The van der Waals surface area contributed by atoms with Crippen molar-refractivity contribution in [1.29, 1.82) is 0 Å². The minimum absolute atomic E-state index is 0.507. The van der Waals surface area contributed by atoms with E-state index in [1.165, 1.54) is 0 Å². The Bertz CT molecular complexity index is 631. The zero-order valence-electron chi connectivity index (χ0n) is 11.2. The molecule has 20 heavy (non-hydrogen) atoms. The topological polar surface area (TPSA) is 44.2 Å². The van der Waals surface area contributed by atoms with Crippen molar-refractivity contribution in [2.24, 2.45) is 0 Å². The molecule has 3 rings (SSSR count). The van der Waals surface area contributed by atoms with Crippen molar-refractivity contribution >= 4 is 11.6 Å². The van der Waals surface area contributed by atoms with E-state index in [0.29, 0.717) is 24.8 Å². The number of fused-ring (bicyclic) bond motifs is 1. The summed E-state index contributed by atoms with van der Waals surface area (Å²) in [5, 5.41) is 0.507. The second-order valence-electron chi connectivity index (χ2n) is 4.69. The molecular weight excluding hydrogens is 276 g/mol. The molecule has 0 saturated carbocycles. The Morgan fingerprint density at radius 2 is 2.25 bits per heavy atom. The Balaban J connectivity index is 1.89. The molecule has 0 atom stereocenters. The predicted molar refractivity (Wildman–Crippen MR) is 76.2 cm³/mol. The van der Waals surface area contributed by atoms with Crippen LogP contribution >= 0.6 is 11.6 Å². The molecule has 0 amide bonds. The van der Waals surface area contributed by atoms with Gasteiger partial charge < -0.3 is 9.47 Å². The lowest BCUT2D eigenvalue weighted by Crippen LogP contribution is -2.15. The van der Waals surface area contributed by atoms with Crippen LogP contribution in [0.1, 0.15) is 22.6 Å². The molecule has 0 saturated heterocycles. The number of methoxy groups -OCH3 is 1. The van der Waals surface area contributed by atoms with E-state index in [2.05, 4.69) is 9.97 Å². The van der Waals surface area contributed by atoms with Gasteiger partial charge in [0.1, 0.15) is 16.7 Å². The fourth-order valence-electron chi connectivity index (χ4n) is 2.28. The second kappa shape index (κ2) is 5.77. The number of aromatic nitrogens is 2. The van der Waals surface area contributed by atoms with Crippen LogP contribution in [0.15, 0.2) is 24.3 Å². The Morgan fingerprint density at radius 1 is 1.35 bits per heavy atom. The van der Waals surface area contributed by atoms with Gasteiger partial charge in [0.05, 0.1) is 26.0 Å². The van der Waals surface area contributed by atoms with Gasteiger partial charge in [-0.1, -0.05) is 23.7 Å². The van der Waals surface area contributed by atoms with Gasteiger partial charge >= 0.3 is 0 Å². The number of rotatable bonds is 3. The predicted octanol–water partition coefficient (Wildman–Crippen LogP) is 2.80. The summed E-state index contributed by atoms with van der Waals surface area (Å²) in [5.41, 5.74) is 3.04. The molecule has 0 unspecified atom stereocenters. The van der Waals surface area contributed by atoms with Crippen LogP contribution in [-0.4, -0.2) is 23.7 Å². The van der Waals surface area contributed by atoms with Crippen LogP contribution in [0.25, 0.3) is 0 Å². The first-order chi connectivity index (χ1) is 9.76. The first kappa shape index (κ1) is 13.3. The first-order valence-corrected chi connectivity index (χ1v) is 6.89. The molecule has 0 bridgehead atoms. The van der Waals surface area contributed by atoms with Crippen molar-refractivity contribution in [3.05, 3.63) is 52.1 Å². The van der Waals surface area contributed by atoms with E-state index in [9.17, 15) is 0 Å². The minimum atomic E-state index is 0.507. The maximum Gasteiger partial charge on any atom is 0.138 e. The van der Waals surface area contributed by atoms with Crippen LogP contribution in [0.4, 0.5) is 0 Å². The van der Waals surface area contributed by atoms with Crippen molar-refractivity contribution < 1.29 is 9.47 Å². The van der Waals surface area contributed by atoms with E-state index in [1.54, 1.807) is 7.11 Å². The summed E-state index contributed by atoms with van der Waals surface area (Å²) in [6, 6.07) is 7.89. The summed E-state index contributed by atoms with van der Waals surface area (Å²) >= 11 is 6.22. The largest absolute Gasteiger partial charge is 0.497 e. The molecule has 0 fully saturated rings. The van der Waals surface area contributed by atoms with Gasteiger partial charge in [-0.05, 0) is 17.7 Å². The summed E-state index contributed by atoms with van der Waals surface area (Å²) in [6.45, 7) is 1.20. The molecule has 104 valence electrons. The molecule has 0 radical (unpaired) electrons. The molecule has 0 aliphatic carbocycles. The minimum Gasteiger partial charge on any atom is -0.497 e. The van der Waals surface area contributed by atoms with Crippen LogP contribution in [-0.2, 0) is 24.2 Å². The van der Waals surface area contributed by atoms with E-state index < -0.39 is 0 Å². The fourth-order valence-corrected chi connectivity index (χ4v) is 2.55. The molecular formula is C15H15ClN2O2. The molecule has 2 aromatic rings. The van der Waals surface area contributed by atoms with Crippen LogP contribution in [0.2, 0.25) is 5.15 Å². The standard InChI is InChI=1S/C15H15ClN2O2/c1-19-11-4-2-3-10(7-11)8-14-17-13-5-6-20-9-12(13)15(16)18-14/h2-4,7H,5-6,8-9H2,1H3. The summed E-state index contributed by atoms with van der Waals surface area (Å²) in [5.74, 6) is 1.57. The van der Waals surface area contributed by atoms with Gasteiger partial charge in [0, 0.05) is 18.4 Å². The maximum atomic E-state index is 6.22. The number of hydrogen-bond donors (Lipinski definition) is 0. The van der Waals surface area contributed by atoms with Gasteiger partial charge in [0.25, 0.3) is 0 Å². The molecule has 0 N–H and O–H groups in total. The number of nitrogens with zero attached hydrogens (tertiary/aromatic N) is 2. The lowest BCUT2D eigenvalue weighted by molar-refractivity contribution is 0.109. The molecule has 2 heterocycles. The third kappa shape index (κ3) is 2.76. The van der Waals surface area contributed by atoms with Crippen molar-refractivity contribution in [2.45, 2.75) is 19.4 Å². The van der Waals surface area contributed by atoms with Crippen molar-refractivity contribution in [3.8, 4) is 5.75 Å². The lowest BCUT2D eigenvalue weighted by atomic mass is 10.1. The highest BCUT2D eigenvalue weighted by atomic mass is 35.5. The van der Waals surface area contributed by atoms with Gasteiger partial charge in [-0.15, -0.1) is 0 Å². The Kier molecular flexibility index (Phi) is 3.85. The van der Waals surface area contributed by atoms with Crippen LogP contribution in [0, 0.1) is 0 Å². The quantitative estimate of drug-likeness (QED) is 0.816. The average Bonchev–Trinajstić information content (AvgIpc) is 2.47. The number of halogens is 1. The number of hydrogen-bond acceptors (Lipinski definition) is 4. The number of benzene rings is 1. The monoisotopic (exact) mass is 290 g/mol. The maximum absolute atomic E-state index is 6.22. The fraction of sp³-hybridized carbons (Fsp3) is 0.333. The highest BCUT2D eigenvalue weighted by Crippen LogP contribution is 2.23. The SMILES string of the molecule is COc1cccc(Cc2nc(Cl)c3c(n2)CCOC3)c1. The average molecular weight is 291 g/mol. The van der Waals surface area contributed by atoms with Gasteiger partial charge in [0.2, 0.25) is 0 Å². The van der Waals surface area contributed by atoms with Crippen molar-refractivity contribution in [1.82, 2.24) is 9.97 Å². The van der Waals surface area contributed by atoms with E-state index in [1.807, 2.05) is 24.3 Å². The van der Waals surface area contributed by atoms with E-state index in [0.717, 1.165) is 34.8 Å². The number of ether oxygens (including phenoxy) is 2. The Hall–Kier alpha value is -1.65. The summed E-state index contributed by atoms with van der Waals surface area (Å²) in [6.07, 6.45) is 1.44. The van der Waals surface area contributed by atoms with E-state index in [4.69, 9.17) is 21.1 Å². The molecule has 5 heteroatoms. The first-order valence-electron chi connectivity index (χ1n) is 6.51. The second-order valence-corrected chi connectivity index (χ2v) is 5.04. The van der Waals surface area contributed by atoms with Crippen LogP contribution < -0.4 is 4.74 Å². The molecule has 1 aromatic heterocycles. The molecule has 1 aromatic carbocycles. The van der Waals surface area contributed by atoms with Gasteiger partial charge in [0.15, 0.2) is 0 Å². The molecule has 0 spiro atoms. The summed E-state index contributed by atoms with van der Waals surface area (Å²) in [4.78, 5) is 8.98. The summed E-state index contributed by atoms with van der Waals surface area (Å²) in [7, 11) is 1.66. The van der Waals surface area contributed by atoms with Crippen LogP contribution in [0.5, 0.6) is 5.75 Å². The summed E-state index contributed by atoms with van der Waals surface area (Å²) < 4.78 is 10.6. The van der Waals surface area contributed by atoms with Crippen molar-refractivity contribution in [3.63, 3.8) is 0 Å². The van der Waals surface area contributed by atoms with Gasteiger partial charge in [-0.25, -0.2) is 9.97 Å². The lowest BCUT2D eigenvalue weighted by Gasteiger charge is -2.17. The normalized spacial score (nSPS) is 13.9. The zero-order chi connectivity index (χ0) is 13.9. The van der Waals surface area contributed by atoms with Gasteiger partial charge in [-0.2, -0.15) is 0 Å². The van der Waals surface area contributed by atoms with E-state index >= 15 is 0 Å². The van der Waals surface area contributed by atoms with Crippen molar-refractivity contribution in [2.75, 3.05) is 13.7 Å². The zero-order valence-corrected chi connectivity index (χ0v) is 12.0. The van der Waals surface area contributed by atoms with E-state index in [-0.39, 0.29) is 0 Å². The highest BCUT2D eigenvalue weighted by molar-refractivity contribution is 6.30. The highest BCUT2D eigenvalue weighted by Gasteiger charge is 2.17. The molecule has 1 aliphatic heterocycles. The Morgan fingerprint density at radius 3 is 3.10 bits per heavy atom. The third-order valence-electron chi connectivity index (χ3n) is 3.31. The Labute approximate surface area is 122 Å². The molecule has 4 nitrogen and oxygen atoms in total. The van der Waals surface area contributed by atoms with Crippen LogP contribution in [0.3, 0.4) is 0 Å².